The molecule has 1 fully saturated rings. The molecule has 2 aromatic rings. The highest BCUT2D eigenvalue weighted by Crippen LogP contribution is 2.25. The predicted molar refractivity (Wildman–Crippen MR) is 107 cm³/mol. The Kier molecular flexibility index (Phi) is 7.43. The zero-order valence-electron chi connectivity index (χ0n) is 15.5. The fraction of sp³-hybridized carbons (Fsp3) is 0.421. The maximum atomic E-state index is 12.6. The van der Waals surface area contributed by atoms with Crippen molar-refractivity contribution in [2.24, 2.45) is 0 Å². The number of morpholine rings is 1. The fourth-order valence-corrected chi connectivity index (χ4v) is 5.58. The van der Waals surface area contributed by atoms with Crippen LogP contribution in [0.4, 0.5) is 0 Å². The highest BCUT2D eigenvalue weighted by Gasteiger charge is 2.27. The minimum atomic E-state index is -3.48. The van der Waals surface area contributed by atoms with E-state index < -0.39 is 10.0 Å². The van der Waals surface area contributed by atoms with E-state index >= 15 is 0 Å². The van der Waals surface area contributed by atoms with Gasteiger partial charge in [0.25, 0.3) is 10.0 Å². The standard InChI is InChI=1S/C19H24N2O5S2/c22-18(7-4-12-26-16-5-2-1-3-6-16)20-15-17-8-9-19(27-17)28(23,24)21-10-13-25-14-11-21/h1-3,5-6,8-9H,4,7,10-15H2,(H,20,22). The first kappa shape index (κ1) is 20.8. The van der Waals surface area contributed by atoms with Crippen LogP contribution in [0.5, 0.6) is 5.75 Å². The Balaban J connectivity index is 1.40. The molecule has 152 valence electrons. The van der Waals surface area contributed by atoms with E-state index in [1.807, 2.05) is 30.3 Å². The Bertz CT molecular complexity index is 861. The molecule has 28 heavy (non-hydrogen) atoms. The molecule has 1 aliphatic heterocycles. The van der Waals surface area contributed by atoms with Crippen molar-refractivity contribution in [1.29, 1.82) is 0 Å². The normalized spacial score (nSPS) is 15.3. The van der Waals surface area contributed by atoms with Gasteiger partial charge in [-0.05, 0) is 30.7 Å². The van der Waals surface area contributed by atoms with Gasteiger partial charge < -0.3 is 14.8 Å². The Morgan fingerprint density at radius 3 is 2.64 bits per heavy atom. The number of nitrogens with one attached hydrogen (secondary N) is 1. The summed E-state index contributed by atoms with van der Waals surface area (Å²) in [5.41, 5.74) is 0. The van der Waals surface area contributed by atoms with Gasteiger partial charge in [-0.15, -0.1) is 11.3 Å². The molecule has 1 aromatic carbocycles. The minimum Gasteiger partial charge on any atom is -0.494 e. The monoisotopic (exact) mass is 424 g/mol. The molecule has 0 aliphatic carbocycles. The number of para-hydroxylation sites is 1. The number of amides is 1. The van der Waals surface area contributed by atoms with E-state index in [2.05, 4.69) is 5.32 Å². The van der Waals surface area contributed by atoms with E-state index in [1.165, 1.54) is 15.6 Å². The highest BCUT2D eigenvalue weighted by molar-refractivity contribution is 7.91. The number of rotatable bonds is 9. The summed E-state index contributed by atoms with van der Waals surface area (Å²) < 4.78 is 37.7. The molecule has 9 heteroatoms. The smallest absolute Gasteiger partial charge is 0.252 e. The third-order valence-electron chi connectivity index (χ3n) is 4.22. The number of sulfonamides is 1. The molecule has 1 aliphatic rings. The Hall–Kier alpha value is -1.94. The van der Waals surface area contributed by atoms with Gasteiger partial charge in [-0.25, -0.2) is 8.42 Å². The summed E-state index contributed by atoms with van der Waals surface area (Å²) in [6.45, 7) is 2.37. The zero-order valence-corrected chi connectivity index (χ0v) is 17.1. The van der Waals surface area contributed by atoms with E-state index in [1.54, 1.807) is 12.1 Å². The number of carbonyl (C=O) groups excluding carboxylic acids is 1. The van der Waals surface area contributed by atoms with Gasteiger partial charge in [0.05, 0.1) is 26.4 Å². The molecule has 0 radical (unpaired) electrons. The summed E-state index contributed by atoms with van der Waals surface area (Å²) in [6, 6.07) is 12.8. The summed E-state index contributed by atoms with van der Waals surface area (Å²) in [5, 5.41) is 2.83. The third-order valence-corrected chi connectivity index (χ3v) is 7.67. The number of hydrogen-bond acceptors (Lipinski definition) is 6. The second-order valence-electron chi connectivity index (χ2n) is 6.28. The van der Waals surface area contributed by atoms with E-state index in [0.717, 1.165) is 10.6 Å². The Morgan fingerprint density at radius 1 is 1.14 bits per heavy atom. The van der Waals surface area contributed by atoms with Gasteiger partial charge >= 0.3 is 0 Å². The summed E-state index contributed by atoms with van der Waals surface area (Å²) in [7, 11) is -3.48. The molecule has 1 amide bonds. The van der Waals surface area contributed by atoms with E-state index in [-0.39, 0.29) is 5.91 Å². The first-order valence-corrected chi connectivity index (χ1v) is 11.4. The van der Waals surface area contributed by atoms with Gasteiger partial charge in [-0.1, -0.05) is 18.2 Å². The van der Waals surface area contributed by atoms with Crippen LogP contribution >= 0.6 is 11.3 Å². The lowest BCUT2D eigenvalue weighted by molar-refractivity contribution is -0.121. The predicted octanol–water partition coefficient (Wildman–Crippen LogP) is 2.24. The van der Waals surface area contributed by atoms with Crippen LogP contribution in [0.15, 0.2) is 46.7 Å². The maximum Gasteiger partial charge on any atom is 0.252 e. The van der Waals surface area contributed by atoms with Crippen molar-refractivity contribution in [3.63, 3.8) is 0 Å². The molecular weight excluding hydrogens is 400 g/mol. The van der Waals surface area contributed by atoms with Crippen LogP contribution in [-0.2, 0) is 26.1 Å². The van der Waals surface area contributed by atoms with Crippen molar-refractivity contribution < 1.29 is 22.7 Å². The number of nitrogens with zero attached hydrogens (tertiary/aromatic N) is 1. The first-order chi connectivity index (χ1) is 13.6. The van der Waals surface area contributed by atoms with Crippen molar-refractivity contribution in [3.05, 3.63) is 47.3 Å². The van der Waals surface area contributed by atoms with E-state index in [0.29, 0.717) is 56.5 Å². The van der Waals surface area contributed by atoms with Gasteiger partial charge in [-0.2, -0.15) is 4.31 Å². The summed E-state index contributed by atoms with van der Waals surface area (Å²) in [4.78, 5) is 12.8. The average Bonchev–Trinajstić information content (AvgIpc) is 3.21. The number of carbonyl (C=O) groups is 1. The molecule has 2 heterocycles. The number of benzene rings is 1. The fourth-order valence-electron chi connectivity index (χ4n) is 2.72. The summed E-state index contributed by atoms with van der Waals surface area (Å²) >= 11 is 1.19. The molecule has 7 nitrogen and oxygen atoms in total. The number of thiophene rings is 1. The Labute approximate surface area is 169 Å². The lowest BCUT2D eigenvalue weighted by Gasteiger charge is -2.25. The first-order valence-electron chi connectivity index (χ1n) is 9.17. The van der Waals surface area contributed by atoms with Crippen LogP contribution in [-0.4, -0.2) is 51.5 Å². The Morgan fingerprint density at radius 2 is 1.89 bits per heavy atom. The molecule has 0 atom stereocenters. The number of ether oxygens (including phenoxy) is 2. The molecule has 0 saturated carbocycles. The van der Waals surface area contributed by atoms with Gasteiger partial charge in [0.2, 0.25) is 5.91 Å². The van der Waals surface area contributed by atoms with Crippen molar-refractivity contribution in [1.82, 2.24) is 9.62 Å². The molecular formula is C19H24N2O5S2. The van der Waals surface area contributed by atoms with Crippen LogP contribution in [0, 0.1) is 0 Å². The van der Waals surface area contributed by atoms with Crippen LogP contribution in [0.1, 0.15) is 17.7 Å². The average molecular weight is 425 g/mol. The molecule has 3 rings (SSSR count). The lowest BCUT2D eigenvalue weighted by Crippen LogP contribution is -2.40. The zero-order chi connectivity index (χ0) is 19.8. The quantitative estimate of drug-likeness (QED) is 0.624. The van der Waals surface area contributed by atoms with Crippen molar-refractivity contribution >= 4 is 27.3 Å². The van der Waals surface area contributed by atoms with Crippen molar-refractivity contribution in [2.75, 3.05) is 32.9 Å². The molecule has 1 N–H and O–H groups in total. The molecule has 0 bridgehead atoms. The summed E-state index contributed by atoms with van der Waals surface area (Å²) in [5.74, 6) is 0.707. The van der Waals surface area contributed by atoms with Crippen LogP contribution in [0.3, 0.4) is 0 Å². The van der Waals surface area contributed by atoms with Crippen LogP contribution in [0.2, 0.25) is 0 Å². The third kappa shape index (κ3) is 5.78. The molecule has 1 saturated heterocycles. The molecule has 0 unspecified atom stereocenters. The van der Waals surface area contributed by atoms with E-state index in [4.69, 9.17) is 9.47 Å². The van der Waals surface area contributed by atoms with Crippen LogP contribution < -0.4 is 10.1 Å². The lowest BCUT2D eigenvalue weighted by atomic mass is 10.3. The topological polar surface area (TPSA) is 84.9 Å². The van der Waals surface area contributed by atoms with Crippen molar-refractivity contribution in [2.45, 2.75) is 23.6 Å². The second-order valence-corrected chi connectivity index (χ2v) is 9.61. The largest absolute Gasteiger partial charge is 0.494 e. The number of hydrogen-bond donors (Lipinski definition) is 1. The molecule has 1 aromatic heterocycles. The van der Waals surface area contributed by atoms with Gasteiger partial charge in [0.1, 0.15) is 9.96 Å². The van der Waals surface area contributed by atoms with Gasteiger partial charge in [0, 0.05) is 24.4 Å². The SMILES string of the molecule is O=C(CCCOc1ccccc1)NCc1ccc(S(=O)(=O)N2CCOCC2)s1. The van der Waals surface area contributed by atoms with Crippen LogP contribution in [0.25, 0.3) is 0 Å². The second kappa shape index (κ2) is 10.0. The molecule has 0 spiro atoms. The van der Waals surface area contributed by atoms with Crippen molar-refractivity contribution in [3.8, 4) is 5.75 Å². The highest BCUT2D eigenvalue weighted by atomic mass is 32.2. The van der Waals surface area contributed by atoms with E-state index in [9.17, 15) is 13.2 Å². The van der Waals surface area contributed by atoms with Gasteiger partial charge in [0.15, 0.2) is 0 Å². The van der Waals surface area contributed by atoms with Gasteiger partial charge in [-0.3, -0.25) is 4.79 Å². The maximum absolute atomic E-state index is 12.6. The minimum absolute atomic E-state index is 0.0809. The summed E-state index contributed by atoms with van der Waals surface area (Å²) in [6.07, 6.45) is 0.971.